The molecule has 0 saturated carbocycles. The summed E-state index contributed by atoms with van der Waals surface area (Å²) in [6.07, 6.45) is -0.265. The highest BCUT2D eigenvalue weighted by molar-refractivity contribution is 8.00. The Morgan fingerprint density at radius 2 is 1.86 bits per heavy atom. The van der Waals surface area contributed by atoms with Gasteiger partial charge in [0, 0.05) is 17.0 Å². The lowest BCUT2D eigenvalue weighted by Gasteiger charge is -2.12. The molecule has 21 heavy (non-hydrogen) atoms. The highest BCUT2D eigenvalue weighted by Crippen LogP contribution is 2.36. The second-order valence-corrected chi connectivity index (χ2v) is 5.24. The number of alkyl halides is 3. The fourth-order valence-electron chi connectivity index (χ4n) is 1.38. The molecule has 0 heterocycles. The Morgan fingerprint density at radius 3 is 2.33 bits per heavy atom. The van der Waals surface area contributed by atoms with Crippen molar-refractivity contribution in [1.29, 1.82) is 0 Å². The Bertz CT molecular complexity index is 505. The van der Waals surface area contributed by atoms with Gasteiger partial charge in [0.25, 0.3) is 0 Å². The van der Waals surface area contributed by atoms with Gasteiger partial charge in [-0.25, -0.2) is 0 Å². The molecule has 1 amide bonds. The number of benzene rings is 1. The SMILES string of the molecule is NC(CCC(=O)O)C(=O)Nc1ccc(SC(F)(F)F)cc1. The van der Waals surface area contributed by atoms with E-state index in [9.17, 15) is 22.8 Å². The Hall–Kier alpha value is -1.74. The molecule has 0 aromatic heterocycles. The monoisotopic (exact) mass is 322 g/mol. The lowest BCUT2D eigenvalue weighted by atomic mass is 10.1. The van der Waals surface area contributed by atoms with Crippen LogP contribution in [-0.2, 0) is 9.59 Å². The van der Waals surface area contributed by atoms with Gasteiger partial charge < -0.3 is 16.2 Å². The zero-order valence-corrected chi connectivity index (χ0v) is 11.5. The number of carboxylic acid groups (broad SMARTS) is 1. The van der Waals surface area contributed by atoms with Crippen LogP contribution in [0.15, 0.2) is 29.2 Å². The molecule has 1 unspecified atom stereocenters. The molecule has 0 aliphatic carbocycles. The summed E-state index contributed by atoms with van der Waals surface area (Å²) in [5, 5.41) is 10.9. The van der Waals surface area contributed by atoms with E-state index in [0.717, 1.165) is 0 Å². The van der Waals surface area contributed by atoms with E-state index in [-0.39, 0.29) is 35.2 Å². The standard InChI is InChI=1S/C12H13F3N2O3S/c13-12(14,15)21-8-3-1-7(2-4-8)17-11(20)9(16)5-6-10(18)19/h1-4,9H,5-6,16H2,(H,17,20)(H,18,19). The molecule has 0 saturated heterocycles. The topological polar surface area (TPSA) is 92.4 Å². The van der Waals surface area contributed by atoms with Crippen molar-refractivity contribution in [2.75, 3.05) is 5.32 Å². The van der Waals surface area contributed by atoms with Crippen LogP contribution < -0.4 is 11.1 Å². The highest BCUT2D eigenvalue weighted by atomic mass is 32.2. The summed E-state index contributed by atoms with van der Waals surface area (Å²) in [5.74, 6) is -1.65. The minimum absolute atomic E-state index is 0.00400. The van der Waals surface area contributed by atoms with Crippen molar-refractivity contribution in [3.63, 3.8) is 0 Å². The number of hydrogen-bond donors (Lipinski definition) is 3. The predicted molar refractivity (Wildman–Crippen MR) is 71.8 cm³/mol. The van der Waals surface area contributed by atoms with Crippen molar-refractivity contribution in [3.8, 4) is 0 Å². The maximum Gasteiger partial charge on any atom is 0.446 e. The van der Waals surface area contributed by atoms with E-state index in [1.54, 1.807) is 0 Å². The van der Waals surface area contributed by atoms with Crippen LogP contribution in [0.3, 0.4) is 0 Å². The molecule has 116 valence electrons. The number of rotatable bonds is 6. The fourth-order valence-corrected chi connectivity index (χ4v) is 1.92. The Morgan fingerprint density at radius 1 is 1.29 bits per heavy atom. The number of carbonyl (C=O) groups excluding carboxylic acids is 1. The summed E-state index contributed by atoms with van der Waals surface area (Å²) in [6, 6.07) is 4.07. The molecule has 1 aromatic rings. The van der Waals surface area contributed by atoms with Crippen molar-refractivity contribution >= 4 is 29.3 Å². The lowest BCUT2D eigenvalue weighted by Crippen LogP contribution is -2.36. The molecule has 9 heteroatoms. The van der Waals surface area contributed by atoms with E-state index in [1.165, 1.54) is 24.3 Å². The number of aliphatic carboxylic acids is 1. The van der Waals surface area contributed by atoms with E-state index < -0.39 is 23.4 Å². The molecule has 1 atom stereocenters. The molecular formula is C12H13F3N2O3S. The highest BCUT2D eigenvalue weighted by Gasteiger charge is 2.29. The van der Waals surface area contributed by atoms with Crippen LogP contribution in [0.4, 0.5) is 18.9 Å². The van der Waals surface area contributed by atoms with Crippen LogP contribution in [-0.4, -0.2) is 28.5 Å². The van der Waals surface area contributed by atoms with Crippen molar-refractivity contribution < 1.29 is 27.9 Å². The zero-order valence-electron chi connectivity index (χ0n) is 10.7. The summed E-state index contributed by atoms with van der Waals surface area (Å²) in [6.45, 7) is 0. The summed E-state index contributed by atoms with van der Waals surface area (Å²) >= 11 is -0.257. The second-order valence-electron chi connectivity index (χ2n) is 4.10. The van der Waals surface area contributed by atoms with E-state index in [0.29, 0.717) is 0 Å². The third kappa shape index (κ3) is 7.00. The first kappa shape index (κ1) is 17.3. The van der Waals surface area contributed by atoms with Crippen LogP contribution in [0.2, 0.25) is 0 Å². The third-order valence-corrected chi connectivity index (χ3v) is 3.10. The van der Waals surface area contributed by atoms with Crippen molar-refractivity contribution in [3.05, 3.63) is 24.3 Å². The number of hydrogen-bond acceptors (Lipinski definition) is 4. The van der Waals surface area contributed by atoms with Gasteiger partial charge in [-0.2, -0.15) is 13.2 Å². The molecule has 0 bridgehead atoms. The molecule has 0 radical (unpaired) electrons. The first-order chi connectivity index (χ1) is 9.67. The Balaban J connectivity index is 2.55. The minimum Gasteiger partial charge on any atom is -0.481 e. The van der Waals surface area contributed by atoms with Gasteiger partial charge in [0.15, 0.2) is 0 Å². The maximum atomic E-state index is 12.1. The molecule has 0 spiro atoms. The predicted octanol–water partition coefficient (Wildman–Crippen LogP) is 2.43. The molecule has 1 aromatic carbocycles. The molecule has 1 rings (SSSR count). The molecular weight excluding hydrogens is 309 g/mol. The van der Waals surface area contributed by atoms with Gasteiger partial charge in [-0.3, -0.25) is 9.59 Å². The molecule has 0 aliphatic rings. The number of anilines is 1. The molecule has 5 nitrogen and oxygen atoms in total. The van der Waals surface area contributed by atoms with Gasteiger partial charge in [0.05, 0.1) is 6.04 Å². The number of nitrogens with one attached hydrogen (secondary N) is 1. The second kappa shape index (κ2) is 7.32. The number of carbonyl (C=O) groups is 2. The number of halogens is 3. The minimum atomic E-state index is -4.37. The summed E-state index contributed by atoms with van der Waals surface area (Å²) in [7, 11) is 0. The quantitative estimate of drug-likeness (QED) is 0.700. The van der Waals surface area contributed by atoms with Gasteiger partial charge in [-0.1, -0.05) is 0 Å². The van der Waals surface area contributed by atoms with Gasteiger partial charge in [0.1, 0.15) is 0 Å². The Kier molecular flexibility index (Phi) is 6.03. The lowest BCUT2D eigenvalue weighted by molar-refractivity contribution is -0.137. The smallest absolute Gasteiger partial charge is 0.446 e. The van der Waals surface area contributed by atoms with Gasteiger partial charge in [0.2, 0.25) is 5.91 Å². The normalized spacial score (nSPS) is 12.8. The van der Waals surface area contributed by atoms with Crippen LogP contribution in [0.25, 0.3) is 0 Å². The summed E-state index contributed by atoms with van der Waals surface area (Å²) in [5.41, 5.74) is 1.42. The average Bonchev–Trinajstić information content (AvgIpc) is 2.36. The third-order valence-electron chi connectivity index (χ3n) is 2.36. The van der Waals surface area contributed by atoms with E-state index in [4.69, 9.17) is 10.8 Å². The number of carboxylic acids is 1. The first-order valence-electron chi connectivity index (χ1n) is 5.81. The molecule has 0 aliphatic heterocycles. The van der Waals surface area contributed by atoms with Crippen LogP contribution in [0.5, 0.6) is 0 Å². The van der Waals surface area contributed by atoms with Crippen LogP contribution >= 0.6 is 11.8 Å². The van der Waals surface area contributed by atoms with E-state index in [1.807, 2.05) is 0 Å². The average molecular weight is 322 g/mol. The molecule has 4 N–H and O–H groups in total. The van der Waals surface area contributed by atoms with Gasteiger partial charge >= 0.3 is 11.5 Å². The van der Waals surface area contributed by atoms with Crippen molar-refractivity contribution in [2.24, 2.45) is 5.73 Å². The maximum absolute atomic E-state index is 12.1. The van der Waals surface area contributed by atoms with Crippen LogP contribution in [0, 0.1) is 0 Å². The number of amides is 1. The van der Waals surface area contributed by atoms with Crippen LogP contribution in [0.1, 0.15) is 12.8 Å². The Labute approximate surface area is 122 Å². The fraction of sp³-hybridized carbons (Fsp3) is 0.333. The molecule has 0 fully saturated rings. The number of nitrogens with two attached hydrogens (primary N) is 1. The first-order valence-corrected chi connectivity index (χ1v) is 6.63. The number of thioether (sulfide) groups is 1. The van der Waals surface area contributed by atoms with Gasteiger partial charge in [-0.15, -0.1) is 0 Å². The van der Waals surface area contributed by atoms with E-state index >= 15 is 0 Å². The summed E-state index contributed by atoms with van der Waals surface area (Å²) in [4.78, 5) is 22.0. The van der Waals surface area contributed by atoms with Gasteiger partial charge in [-0.05, 0) is 42.4 Å². The summed E-state index contributed by atoms with van der Waals surface area (Å²) < 4.78 is 36.4. The zero-order chi connectivity index (χ0) is 16.0. The van der Waals surface area contributed by atoms with E-state index in [2.05, 4.69) is 5.32 Å². The van der Waals surface area contributed by atoms with Crippen molar-refractivity contribution in [2.45, 2.75) is 29.3 Å². The largest absolute Gasteiger partial charge is 0.481 e. The van der Waals surface area contributed by atoms with Crippen molar-refractivity contribution in [1.82, 2.24) is 0 Å².